The minimum absolute atomic E-state index is 0.0200. The molecule has 2 aromatic rings. The maximum Gasteiger partial charge on any atom is 0.273 e. The van der Waals surface area contributed by atoms with Crippen LogP contribution in [0.5, 0.6) is 0 Å². The molecule has 6 nitrogen and oxygen atoms in total. The topological polar surface area (TPSA) is 48.9 Å². The Morgan fingerprint density at radius 2 is 1.93 bits per heavy atom. The van der Waals surface area contributed by atoms with Gasteiger partial charge in [-0.2, -0.15) is 0 Å². The Labute approximate surface area is 168 Å². The molecule has 2 aliphatic rings. The van der Waals surface area contributed by atoms with E-state index in [0.717, 1.165) is 42.8 Å². The lowest BCUT2D eigenvalue weighted by atomic mass is 10.2. The van der Waals surface area contributed by atoms with Gasteiger partial charge in [-0.3, -0.25) is 9.69 Å². The standard InChI is InChI=1S/C19H23ClN4O2S/c20-15-2-1-3-16(12-15)23-6-4-22(5-7-23)13-18-21-17(14-27-18)19(25)24-8-10-26-11-9-24/h1-3,12,14H,4-11,13H2. The summed E-state index contributed by atoms with van der Waals surface area (Å²) in [6.07, 6.45) is 0. The molecule has 2 saturated heterocycles. The van der Waals surface area contributed by atoms with Crippen LogP contribution in [0.25, 0.3) is 0 Å². The lowest BCUT2D eigenvalue weighted by molar-refractivity contribution is 0.0299. The second kappa shape index (κ2) is 8.56. The van der Waals surface area contributed by atoms with Crippen LogP contribution < -0.4 is 4.90 Å². The number of benzene rings is 1. The molecule has 2 aliphatic heterocycles. The van der Waals surface area contributed by atoms with Gasteiger partial charge < -0.3 is 14.5 Å². The minimum Gasteiger partial charge on any atom is -0.378 e. The molecule has 144 valence electrons. The summed E-state index contributed by atoms with van der Waals surface area (Å²) in [6, 6.07) is 8.01. The highest BCUT2D eigenvalue weighted by molar-refractivity contribution is 7.09. The summed E-state index contributed by atoms with van der Waals surface area (Å²) in [7, 11) is 0. The number of nitrogens with zero attached hydrogens (tertiary/aromatic N) is 4. The molecular formula is C19H23ClN4O2S. The molecular weight excluding hydrogens is 384 g/mol. The van der Waals surface area contributed by atoms with Gasteiger partial charge in [-0.1, -0.05) is 17.7 Å². The number of thiazole rings is 1. The van der Waals surface area contributed by atoms with E-state index in [0.29, 0.717) is 32.0 Å². The van der Waals surface area contributed by atoms with Gasteiger partial charge in [0.15, 0.2) is 0 Å². The first-order valence-electron chi connectivity index (χ1n) is 9.23. The number of anilines is 1. The first kappa shape index (κ1) is 18.7. The third kappa shape index (κ3) is 4.60. The summed E-state index contributed by atoms with van der Waals surface area (Å²) in [6.45, 7) is 7.19. The van der Waals surface area contributed by atoms with E-state index in [1.54, 1.807) is 11.3 Å². The number of carbonyl (C=O) groups is 1. The van der Waals surface area contributed by atoms with Gasteiger partial charge in [-0.15, -0.1) is 11.3 Å². The minimum atomic E-state index is 0.0200. The van der Waals surface area contributed by atoms with Crippen molar-refractivity contribution in [3.63, 3.8) is 0 Å². The Bertz CT molecular complexity index is 786. The van der Waals surface area contributed by atoms with Gasteiger partial charge in [0.05, 0.1) is 19.8 Å². The third-order valence-corrected chi connectivity index (χ3v) is 6.04. The maximum atomic E-state index is 12.5. The van der Waals surface area contributed by atoms with E-state index < -0.39 is 0 Å². The number of amides is 1. The molecule has 4 rings (SSSR count). The van der Waals surface area contributed by atoms with E-state index >= 15 is 0 Å². The molecule has 0 aliphatic carbocycles. The second-order valence-corrected chi connectivity index (χ2v) is 8.15. The summed E-state index contributed by atoms with van der Waals surface area (Å²) in [4.78, 5) is 23.7. The van der Waals surface area contributed by atoms with Crippen molar-refractivity contribution >= 4 is 34.5 Å². The fourth-order valence-electron chi connectivity index (χ4n) is 3.44. The van der Waals surface area contributed by atoms with Gasteiger partial charge >= 0.3 is 0 Å². The molecule has 0 radical (unpaired) electrons. The highest BCUT2D eigenvalue weighted by Crippen LogP contribution is 2.22. The number of halogens is 1. The molecule has 1 aromatic carbocycles. The zero-order chi connectivity index (χ0) is 18.6. The van der Waals surface area contributed by atoms with Gasteiger partial charge in [0, 0.05) is 55.4 Å². The monoisotopic (exact) mass is 406 g/mol. The highest BCUT2D eigenvalue weighted by Gasteiger charge is 2.22. The average Bonchev–Trinajstić information content (AvgIpc) is 3.17. The molecule has 0 bridgehead atoms. The van der Waals surface area contributed by atoms with Crippen LogP contribution in [0, 0.1) is 0 Å². The van der Waals surface area contributed by atoms with E-state index in [2.05, 4.69) is 20.9 Å². The third-order valence-electron chi connectivity index (χ3n) is 4.97. The van der Waals surface area contributed by atoms with Crippen LogP contribution in [0.1, 0.15) is 15.5 Å². The molecule has 0 spiro atoms. The SMILES string of the molecule is O=C(c1csc(CN2CCN(c3cccc(Cl)c3)CC2)n1)N1CCOCC1. The summed E-state index contributed by atoms with van der Waals surface area (Å²) in [5.74, 6) is 0.0200. The molecule has 0 unspecified atom stereocenters. The Kier molecular flexibility index (Phi) is 5.92. The van der Waals surface area contributed by atoms with Crippen LogP contribution in [-0.4, -0.2) is 73.2 Å². The van der Waals surface area contributed by atoms with Gasteiger partial charge in [-0.05, 0) is 18.2 Å². The average molecular weight is 407 g/mol. The van der Waals surface area contributed by atoms with Crippen molar-refractivity contribution in [2.45, 2.75) is 6.54 Å². The smallest absolute Gasteiger partial charge is 0.273 e. The van der Waals surface area contributed by atoms with E-state index in [4.69, 9.17) is 16.3 Å². The molecule has 0 saturated carbocycles. The van der Waals surface area contributed by atoms with E-state index in [-0.39, 0.29) is 5.91 Å². The zero-order valence-electron chi connectivity index (χ0n) is 15.1. The molecule has 2 fully saturated rings. The van der Waals surface area contributed by atoms with E-state index in [9.17, 15) is 4.79 Å². The molecule has 27 heavy (non-hydrogen) atoms. The largest absolute Gasteiger partial charge is 0.378 e. The van der Waals surface area contributed by atoms with Crippen LogP contribution in [0.2, 0.25) is 5.02 Å². The molecule has 0 atom stereocenters. The molecule has 0 N–H and O–H groups in total. The number of morpholine rings is 1. The Balaban J connectivity index is 1.30. The van der Waals surface area contributed by atoms with Crippen LogP contribution in [0.3, 0.4) is 0 Å². The number of ether oxygens (including phenoxy) is 1. The Hall–Kier alpha value is -1.67. The predicted octanol–water partition coefficient (Wildman–Crippen LogP) is 2.59. The lowest BCUT2D eigenvalue weighted by Crippen LogP contribution is -2.46. The number of aromatic nitrogens is 1. The molecule has 1 aromatic heterocycles. The van der Waals surface area contributed by atoms with Crippen molar-refractivity contribution in [2.24, 2.45) is 0 Å². The lowest BCUT2D eigenvalue weighted by Gasteiger charge is -2.35. The van der Waals surface area contributed by atoms with Gasteiger partial charge in [0.2, 0.25) is 0 Å². The highest BCUT2D eigenvalue weighted by atomic mass is 35.5. The fourth-order valence-corrected chi connectivity index (χ4v) is 4.43. The Morgan fingerprint density at radius 3 is 2.67 bits per heavy atom. The van der Waals surface area contributed by atoms with Crippen molar-refractivity contribution < 1.29 is 9.53 Å². The number of piperazine rings is 1. The van der Waals surface area contributed by atoms with Crippen molar-refractivity contribution in [3.05, 3.63) is 45.4 Å². The number of hydrogen-bond acceptors (Lipinski definition) is 6. The van der Waals surface area contributed by atoms with Gasteiger partial charge in [0.25, 0.3) is 5.91 Å². The van der Waals surface area contributed by atoms with Crippen LogP contribution >= 0.6 is 22.9 Å². The van der Waals surface area contributed by atoms with E-state index in [1.807, 2.05) is 28.5 Å². The van der Waals surface area contributed by atoms with Crippen molar-refractivity contribution in [2.75, 3.05) is 57.4 Å². The van der Waals surface area contributed by atoms with Crippen molar-refractivity contribution in [1.29, 1.82) is 0 Å². The number of carbonyl (C=O) groups excluding carboxylic acids is 1. The molecule has 1 amide bonds. The fraction of sp³-hybridized carbons (Fsp3) is 0.474. The van der Waals surface area contributed by atoms with E-state index in [1.165, 1.54) is 5.69 Å². The van der Waals surface area contributed by atoms with Crippen molar-refractivity contribution in [1.82, 2.24) is 14.8 Å². The zero-order valence-corrected chi connectivity index (χ0v) is 16.7. The maximum absolute atomic E-state index is 12.5. The van der Waals surface area contributed by atoms with Gasteiger partial charge in [-0.25, -0.2) is 4.98 Å². The summed E-state index contributed by atoms with van der Waals surface area (Å²) >= 11 is 7.67. The van der Waals surface area contributed by atoms with Crippen LogP contribution in [-0.2, 0) is 11.3 Å². The van der Waals surface area contributed by atoms with Crippen molar-refractivity contribution in [3.8, 4) is 0 Å². The summed E-state index contributed by atoms with van der Waals surface area (Å²) in [5.41, 5.74) is 1.74. The predicted molar refractivity (Wildman–Crippen MR) is 108 cm³/mol. The second-order valence-electron chi connectivity index (χ2n) is 6.77. The van der Waals surface area contributed by atoms with Gasteiger partial charge in [0.1, 0.15) is 10.7 Å². The normalized spacial score (nSPS) is 18.7. The van der Waals surface area contributed by atoms with Crippen LogP contribution in [0.4, 0.5) is 5.69 Å². The number of rotatable bonds is 4. The molecule has 8 heteroatoms. The quantitative estimate of drug-likeness (QED) is 0.781. The summed E-state index contributed by atoms with van der Waals surface area (Å²) in [5, 5.41) is 3.66. The summed E-state index contributed by atoms with van der Waals surface area (Å²) < 4.78 is 5.31. The first-order valence-corrected chi connectivity index (χ1v) is 10.5. The number of hydrogen-bond donors (Lipinski definition) is 0. The molecule has 3 heterocycles. The Morgan fingerprint density at radius 1 is 1.15 bits per heavy atom. The van der Waals surface area contributed by atoms with Crippen LogP contribution in [0.15, 0.2) is 29.6 Å². The first-order chi connectivity index (χ1) is 13.2.